The SMILES string of the molecule is NCC(F)(F)COc1ccccc1C(F)(F)F. The molecule has 0 aliphatic rings. The van der Waals surface area contributed by atoms with E-state index in [4.69, 9.17) is 5.73 Å². The van der Waals surface area contributed by atoms with E-state index >= 15 is 0 Å². The van der Waals surface area contributed by atoms with Crippen molar-refractivity contribution in [2.45, 2.75) is 12.1 Å². The lowest BCUT2D eigenvalue weighted by molar-refractivity contribution is -0.139. The lowest BCUT2D eigenvalue weighted by Gasteiger charge is -2.17. The number of hydrogen-bond acceptors (Lipinski definition) is 2. The number of rotatable bonds is 4. The Bertz CT molecular complexity index is 377. The molecule has 0 atom stereocenters. The summed E-state index contributed by atoms with van der Waals surface area (Å²) in [4.78, 5) is 0. The van der Waals surface area contributed by atoms with Crippen LogP contribution in [0, 0.1) is 0 Å². The fourth-order valence-corrected chi connectivity index (χ4v) is 1.07. The summed E-state index contributed by atoms with van der Waals surface area (Å²) in [7, 11) is 0. The fourth-order valence-electron chi connectivity index (χ4n) is 1.07. The third-order valence-corrected chi connectivity index (χ3v) is 1.93. The first-order valence-corrected chi connectivity index (χ1v) is 4.63. The summed E-state index contributed by atoms with van der Waals surface area (Å²) in [6.45, 7) is -2.17. The largest absolute Gasteiger partial charge is 0.487 e. The van der Waals surface area contributed by atoms with Crippen molar-refractivity contribution in [2.24, 2.45) is 5.73 Å². The predicted molar refractivity (Wildman–Crippen MR) is 50.9 cm³/mol. The van der Waals surface area contributed by atoms with Gasteiger partial charge < -0.3 is 10.5 Å². The van der Waals surface area contributed by atoms with Gasteiger partial charge in [0, 0.05) is 0 Å². The molecule has 0 spiro atoms. The van der Waals surface area contributed by atoms with Gasteiger partial charge in [0.2, 0.25) is 0 Å². The molecule has 0 radical (unpaired) electrons. The molecule has 0 saturated heterocycles. The van der Waals surface area contributed by atoms with Gasteiger partial charge in [-0.3, -0.25) is 0 Å². The normalized spacial score (nSPS) is 12.6. The molecule has 2 N–H and O–H groups in total. The van der Waals surface area contributed by atoms with Crippen LogP contribution in [0.4, 0.5) is 22.0 Å². The highest BCUT2D eigenvalue weighted by Crippen LogP contribution is 2.36. The van der Waals surface area contributed by atoms with Crippen LogP contribution in [0.25, 0.3) is 0 Å². The van der Waals surface area contributed by atoms with Crippen molar-refractivity contribution in [3.8, 4) is 5.75 Å². The summed E-state index contributed by atoms with van der Waals surface area (Å²) in [5, 5.41) is 0. The van der Waals surface area contributed by atoms with Crippen LogP contribution in [0.2, 0.25) is 0 Å². The van der Waals surface area contributed by atoms with Gasteiger partial charge in [0.05, 0.1) is 12.1 Å². The highest BCUT2D eigenvalue weighted by molar-refractivity contribution is 5.35. The molecule has 0 unspecified atom stereocenters. The standard InChI is InChI=1S/C10H10F5NO/c11-9(12,5-16)6-17-8-4-2-1-3-7(8)10(13,14)15/h1-4H,5-6,16H2. The van der Waals surface area contributed by atoms with Gasteiger partial charge in [0.1, 0.15) is 5.75 Å². The summed E-state index contributed by atoms with van der Waals surface area (Å²) < 4.78 is 67.3. The number of hydrogen-bond donors (Lipinski definition) is 1. The molecule has 17 heavy (non-hydrogen) atoms. The predicted octanol–water partition coefficient (Wildman–Crippen LogP) is 2.68. The van der Waals surface area contributed by atoms with Gasteiger partial charge in [0.25, 0.3) is 5.92 Å². The number of alkyl halides is 5. The summed E-state index contributed by atoms with van der Waals surface area (Å²) >= 11 is 0. The van der Waals surface area contributed by atoms with Gasteiger partial charge in [-0.25, -0.2) is 8.78 Å². The maximum Gasteiger partial charge on any atom is 0.419 e. The molecule has 0 fully saturated rings. The molecule has 96 valence electrons. The van der Waals surface area contributed by atoms with Crippen molar-refractivity contribution >= 4 is 0 Å². The third-order valence-electron chi connectivity index (χ3n) is 1.93. The van der Waals surface area contributed by atoms with Crippen molar-refractivity contribution < 1.29 is 26.7 Å². The molecule has 1 aromatic rings. The van der Waals surface area contributed by atoms with Gasteiger partial charge in [0.15, 0.2) is 6.61 Å². The molecule has 0 aromatic heterocycles. The number of benzene rings is 1. The Labute approximate surface area is 94.2 Å². The van der Waals surface area contributed by atoms with Gasteiger partial charge in [-0.1, -0.05) is 12.1 Å². The van der Waals surface area contributed by atoms with Crippen molar-refractivity contribution in [1.29, 1.82) is 0 Å². The topological polar surface area (TPSA) is 35.2 Å². The Morgan fingerprint density at radius 3 is 2.18 bits per heavy atom. The lowest BCUT2D eigenvalue weighted by atomic mass is 10.2. The zero-order chi connectivity index (χ0) is 13.1. The molecule has 7 heteroatoms. The molecule has 1 rings (SSSR count). The number of para-hydroxylation sites is 1. The van der Waals surface area contributed by atoms with E-state index in [0.717, 1.165) is 18.2 Å². The number of halogens is 5. The Hall–Kier alpha value is -1.37. The van der Waals surface area contributed by atoms with Crippen molar-refractivity contribution in [3.63, 3.8) is 0 Å². The molecule has 2 nitrogen and oxygen atoms in total. The van der Waals surface area contributed by atoms with Crippen molar-refractivity contribution in [2.75, 3.05) is 13.2 Å². The summed E-state index contributed by atoms with van der Waals surface area (Å²) in [5.74, 6) is -3.98. The number of ether oxygens (including phenoxy) is 1. The Morgan fingerprint density at radius 1 is 1.06 bits per heavy atom. The Kier molecular flexibility index (Phi) is 3.92. The fraction of sp³-hybridized carbons (Fsp3) is 0.400. The van der Waals surface area contributed by atoms with Gasteiger partial charge in [-0.2, -0.15) is 13.2 Å². The molecular weight excluding hydrogens is 245 g/mol. The lowest BCUT2D eigenvalue weighted by Crippen LogP contribution is -2.34. The van der Waals surface area contributed by atoms with E-state index in [-0.39, 0.29) is 0 Å². The quantitative estimate of drug-likeness (QED) is 0.839. The second-order valence-corrected chi connectivity index (χ2v) is 3.34. The van der Waals surface area contributed by atoms with Crippen LogP contribution in [-0.4, -0.2) is 19.1 Å². The van der Waals surface area contributed by atoms with Gasteiger partial charge >= 0.3 is 6.18 Å². The molecule has 0 aliphatic carbocycles. The van der Waals surface area contributed by atoms with E-state index < -0.39 is 36.6 Å². The first-order chi connectivity index (χ1) is 7.76. The van der Waals surface area contributed by atoms with E-state index in [1.165, 1.54) is 6.07 Å². The maximum atomic E-state index is 12.7. The average molecular weight is 255 g/mol. The van der Waals surface area contributed by atoms with E-state index in [1.54, 1.807) is 0 Å². The Morgan fingerprint density at radius 2 is 1.65 bits per heavy atom. The summed E-state index contributed by atoms with van der Waals surface area (Å²) in [6.07, 6.45) is -4.64. The van der Waals surface area contributed by atoms with Crippen molar-refractivity contribution in [1.82, 2.24) is 0 Å². The average Bonchev–Trinajstić information content (AvgIpc) is 2.26. The second-order valence-electron chi connectivity index (χ2n) is 3.34. The van der Waals surface area contributed by atoms with Crippen molar-refractivity contribution in [3.05, 3.63) is 29.8 Å². The van der Waals surface area contributed by atoms with E-state index in [9.17, 15) is 22.0 Å². The van der Waals surface area contributed by atoms with Crippen LogP contribution in [-0.2, 0) is 6.18 Å². The van der Waals surface area contributed by atoms with Gasteiger partial charge in [-0.15, -0.1) is 0 Å². The molecule has 0 amide bonds. The highest BCUT2D eigenvalue weighted by atomic mass is 19.4. The van der Waals surface area contributed by atoms with Crippen LogP contribution in [0.5, 0.6) is 5.75 Å². The zero-order valence-corrected chi connectivity index (χ0v) is 8.60. The Balaban J connectivity index is 2.85. The molecule has 0 saturated carbocycles. The minimum Gasteiger partial charge on any atom is -0.487 e. The van der Waals surface area contributed by atoms with E-state index in [0.29, 0.717) is 0 Å². The minimum atomic E-state index is -4.64. The second kappa shape index (κ2) is 4.87. The summed E-state index contributed by atoms with van der Waals surface area (Å²) in [5.41, 5.74) is 3.65. The first-order valence-electron chi connectivity index (χ1n) is 4.63. The van der Waals surface area contributed by atoms with Crippen LogP contribution in [0.15, 0.2) is 24.3 Å². The van der Waals surface area contributed by atoms with Crippen LogP contribution < -0.4 is 10.5 Å². The smallest absolute Gasteiger partial charge is 0.419 e. The van der Waals surface area contributed by atoms with Crippen LogP contribution >= 0.6 is 0 Å². The molecule has 1 aromatic carbocycles. The maximum absolute atomic E-state index is 12.7. The van der Waals surface area contributed by atoms with Crippen LogP contribution in [0.1, 0.15) is 5.56 Å². The molecule has 0 bridgehead atoms. The van der Waals surface area contributed by atoms with E-state index in [1.807, 2.05) is 0 Å². The first kappa shape index (κ1) is 13.7. The highest BCUT2D eigenvalue weighted by Gasteiger charge is 2.35. The zero-order valence-electron chi connectivity index (χ0n) is 8.60. The number of nitrogens with two attached hydrogens (primary N) is 1. The third kappa shape index (κ3) is 3.85. The molecular formula is C10H10F5NO. The summed E-state index contributed by atoms with van der Waals surface area (Å²) in [6, 6.07) is 4.16. The monoisotopic (exact) mass is 255 g/mol. The molecule has 0 aliphatic heterocycles. The molecule has 0 heterocycles. The van der Waals surface area contributed by atoms with E-state index in [2.05, 4.69) is 4.74 Å². The van der Waals surface area contributed by atoms with Gasteiger partial charge in [-0.05, 0) is 12.1 Å². The minimum absolute atomic E-state index is 0.631. The van der Waals surface area contributed by atoms with Crippen LogP contribution in [0.3, 0.4) is 0 Å².